The molecule has 0 fully saturated rings. The van der Waals surface area contributed by atoms with Crippen LogP contribution in [0.4, 0.5) is 5.69 Å². The van der Waals surface area contributed by atoms with Gasteiger partial charge in [0.25, 0.3) is 0 Å². The van der Waals surface area contributed by atoms with Crippen molar-refractivity contribution in [3.8, 4) is 5.75 Å². The molecular formula is C20H24N2O2. The highest BCUT2D eigenvalue weighted by Crippen LogP contribution is 2.25. The molecular weight excluding hydrogens is 300 g/mol. The van der Waals surface area contributed by atoms with Crippen molar-refractivity contribution in [1.82, 2.24) is 4.90 Å². The molecule has 3 rings (SSSR count). The van der Waals surface area contributed by atoms with Crippen molar-refractivity contribution in [3.05, 3.63) is 59.7 Å². The lowest BCUT2D eigenvalue weighted by molar-refractivity contribution is -0.121. The summed E-state index contributed by atoms with van der Waals surface area (Å²) in [5.74, 6) is 0.714. The fraction of sp³-hybridized carbons (Fsp3) is 0.350. The quantitative estimate of drug-likeness (QED) is 0.915. The molecule has 4 heteroatoms. The van der Waals surface area contributed by atoms with Crippen molar-refractivity contribution < 1.29 is 9.53 Å². The van der Waals surface area contributed by atoms with Crippen LogP contribution in [0.5, 0.6) is 5.75 Å². The van der Waals surface area contributed by atoms with Crippen molar-refractivity contribution >= 4 is 11.6 Å². The van der Waals surface area contributed by atoms with Crippen molar-refractivity contribution in [2.45, 2.75) is 32.9 Å². The number of nitrogens with zero attached hydrogens (tertiary/aromatic N) is 1. The third kappa shape index (κ3) is 3.60. The Morgan fingerprint density at radius 2 is 1.88 bits per heavy atom. The molecule has 1 heterocycles. The van der Waals surface area contributed by atoms with E-state index in [0.29, 0.717) is 12.4 Å². The highest BCUT2D eigenvalue weighted by Gasteiger charge is 2.25. The van der Waals surface area contributed by atoms with Gasteiger partial charge in [0.05, 0.1) is 18.3 Å². The summed E-state index contributed by atoms with van der Waals surface area (Å²) in [5.41, 5.74) is 3.44. The third-order valence-corrected chi connectivity index (χ3v) is 4.53. The Morgan fingerprint density at radius 1 is 1.17 bits per heavy atom. The van der Waals surface area contributed by atoms with Gasteiger partial charge in [-0.05, 0) is 43.5 Å². The number of amides is 1. The van der Waals surface area contributed by atoms with Gasteiger partial charge in [-0.15, -0.1) is 0 Å². The minimum Gasteiger partial charge on any atom is -0.492 e. The Bertz CT molecular complexity index is 714. The first-order chi connectivity index (χ1) is 11.7. The highest BCUT2D eigenvalue weighted by atomic mass is 16.5. The number of hydrogen-bond donors (Lipinski definition) is 1. The zero-order valence-electron chi connectivity index (χ0n) is 14.3. The van der Waals surface area contributed by atoms with E-state index >= 15 is 0 Å². The number of benzene rings is 2. The molecule has 0 aliphatic carbocycles. The number of carbonyl (C=O) groups excluding carboxylic acids is 1. The van der Waals surface area contributed by atoms with Crippen molar-refractivity contribution in [2.75, 3.05) is 18.5 Å². The molecule has 1 amide bonds. The van der Waals surface area contributed by atoms with Crippen LogP contribution in [0.25, 0.3) is 0 Å². The molecule has 0 aromatic heterocycles. The Hall–Kier alpha value is -2.33. The molecule has 0 unspecified atom stereocenters. The third-order valence-electron chi connectivity index (χ3n) is 4.53. The van der Waals surface area contributed by atoms with Gasteiger partial charge in [0.2, 0.25) is 5.91 Å². The van der Waals surface area contributed by atoms with Crippen molar-refractivity contribution in [3.63, 3.8) is 0 Å². The number of fused-ring (bicyclic) bond motifs is 1. The van der Waals surface area contributed by atoms with Gasteiger partial charge in [-0.25, -0.2) is 0 Å². The number of rotatable bonds is 5. The van der Waals surface area contributed by atoms with E-state index in [4.69, 9.17) is 4.74 Å². The lowest BCUT2D eigenvalue weighted by Gasteiger charge is -2.33. The first-order valence-electron chi connectivity index (χ1n) is 8.52. The minimum atomic E-state index is -0.187. The van der Waals surface area contributed by atoms with Crippen molar-refractivity contribution in [1.29, 1.82) is 0 Å². The van der Waals surface area contributed by atoms with Crippen LogP contribution < -0.4 is 10.1 Å². The zero-order chi connectivity index (χ0) is 16.9. The summed E-state index contributed by atoms with van der Waals surface area (Å²) in [5, 5.41) is 3.01. The average Bonchev–Trinajstić information content (AvgIpc) is 2.62. The van der Waals surface area contributed by atoms with Crippen LogP contribution in [0.1, 0.15) is 25.0 Å². The van der Waals surface area contributed by atoms with Gasteiger partial charge >= 0.3 is 0 Å². The first kappa shape index (κ1) is 16.5. The Kier molecular flexibility index (Phi) is 5.16. The fourth-order valence-corrected chi connectivity index (χ4v) is 3.10. The second kappa shape index (κ2) is 7.49. The molecule has 126 valence electrons. The van der Waals surface area contributed by atoms with Gasteiger partial charge < -0.3 is 10.1 Å². The maximum absolute atomic E-state index is 12.7. The molecule has 0 saturated carbocycles. The molecule has 24 heavy (non-hydrogen) atoms. The molecule has 1 aliphatic heterocycles. The van der Waals surface area contributed by atoms with E-state index in [9.17, 15) is 4.79 Å². The van der Waals surface area contributed by atoms with Crippen molar-refractivity contribution in [2.24, 2.45) is 0 Å². The predicted molar refractivity (Wildman–Crippen MR) is 96.3 cm³/mol. The Morgan fingerprint density at radius 3 is 2.67 bits per heavy atom. The molecule has 1 atom stereocenters. The highest BCUT2D eigenvalue weighted by molar-refractivity contribution is 5.95. The number of hydrogen-bond acceptors (Lipinski definition) is 3. The maximum Gasteiger partial charge on any atom is 0.241 e. The van der Waals surface area contributed by atoms with E-state index in [1.54, 1.807) is 0 Å². The predicted octanol–water partition coefficient (Wildman–Crippen LogP) is 3.47. The largest absolute Gasteiger partial charge is 0.492 e. The maximum atomic E-state index is 12.7. The van der Waals surface area contributed by atoms with Gasteiger partial charge in [0.1, 0.15) is 5.75 Å². The van der Waals surface area contributed by atoms with Crippen LogP contribution >= 0.6 is 0 Å². The van der Waals surface area contributed by atoms with Crippen LogP contribution in [0.15, 0.2) is 48.5 Å². The fourth-order valence-electron chi connectivity index (χ4n) is 3.10. The van der Waals surface area contributed by atoms with Gasteiger partial charge in [-0.3, -0.25) is 9.69 Å². The average molecular weight is 324 g/mol. The molecule has 4 nitrogen and oxygen atoms in total. The Balaban J connectivity index is 1.68. The Labute approximate surface area is 143 Å². The summed E-state index contributed by atoms with van der Waals surface area (Å²) in [6.45, 7) is 6.20. The number of ether oxygens (including phenoxy) is 1. The van der Waals surface area contributed by atoms with E-state index in [0.717, 1.165) is 25.2 Å². The standard InChI is InChI=1S/C20H24N2O2/c1-3-24-19-11-7-6-10-18(19)21-20(23)15(2)22-13-12-16-8-4-5-9-17(16)14-22/h4-11,15H,3,12-14H2,1-2H3,(H,21,23)/t15-/m1/s1. The van der Waals surface area contributed by atoms with E-state index < -0.39 is 0 Å². The smallest absolute Gasteiger partial charge is 0.241 e. The second-order valence-electron chi connectivity index (χ2n) is 6.08. The van der Waals surface area contributed by atoms with E-state index in [2.05, 4.69) is 34.5 Å². The summed E-state index contributed by atoms with van der Waals surface area (Å²) in [6, 6.07) is 15.8. The molecule has 0 radical (unpaired) electrons. The summed E-state index contributed by atoms with van der Waals surface area (Å²) in [6.07, 6.45) is 0.989. The van der Waals surface area contributed by atoms with Crippen LogP contribution in [0.2, 0.25) is 0 Å². The number of para-hydroxylation sites is 2. The summed E-state index contributed by atoms with van der Waals surface area (Å²) in [4.78, 5) is 14.9. The van der Waals surface area contributed by atoms with Crippen LogP contribution in [0.3, 0.4) is 0 Å². The van der Waals surface area contributed by atoms with Gasteiger partial charge in [0.15, 0.2) is 0 Å². The number of nitrogens with one attached hydrogen (secondary N) is 1. The monoisotopic (exact) mass is 324 g/mol. The molecule has 1 aliphatic rings. The molecule has 0 spiro atoms. The lowest BCUT2D eigenvalue weighted by atomic mass is 9.99. The van der Waals surface area contributed by atoms with Gasteiger partial charge in [-0.2, -0.15) is 0 Å². The van der Waals surface area contributed by atoms with Crippen LogP contribution in [-0.4, -0.2) is 30.0 Å². The van der Waals surface area contributed by atoms with Crippen LogP contribution in [-0.2, 0) is 17.8 Å². The number of carbonyl (C=O) groups is 1. The topological polar surface area (TPSA) is 41.6 Å². The number of anilines is 1. The summed E-state index contributed by atoms with van der Waals surface area (Å²) >= 11 is 0. The zero-order valence-corrected chi connectivity index (χ0v) is 14.3. The van der Waals surface area contributed by atoms with Gasteiger partial charge in [-0.1, -0.05) is 36.4 Å². The lowest BCUT2D eigenvalue weighted by Crippen LogP contribution is -2.44. The summed E-state index contributed by atoms with van der Waals surface area (Å²) in [7, 11) is 0. The van der Waals surface area contributed by atoms with Gasteiger partial charge in [0, 0.05) is 13.1 Å². The minimum absolute atomic E-state index is 0.00142. The van der Waals surface area contributed by atoms with E-state index in [1.807, 2.05) is 38.1 Å². The molecule has 2 aromatic carbocycles. The molecule has 0 bridgehead atoms. The normalized spacial score (nSPS) is 15.4. The van der Waals surface area contributed by atoms with E-state index in [-0.39, 0.29) is 11.9 Å². The van der Waals surface area contributed by atoms with E-state index in [1.165, 1.54) is 11.1 Å². The molecule has 0 saturated heterocycles. The SMILES string of the molecule is CCOc1ccccc1NC(=O)[C@@H](C)N1CCc2ccccc2C1. The van der Waals surface area contributed by atoms with Crippen LogP contribution in [0, 0.1) is 0 Å². The molecule has 1 N–H and O–H groups in total. The summed E-state index contributed by atoms with van der Waals surface area (Å²) < 4.78 is 5.58. The first-order valence-corrected chi connectivity index (χ1v) is 8.52. The molecule has 2 aromatic rings. The second-order valence-corrected chi connectivity index (χ2v) is 6.08.